The van der Waals surface area contributed by atoms with E-state index in [-0.39, 0.29) is 17.5 Å². The minimum Gasteiger partial charge on any atom is -0.504 e. The fraction of sp³-hybridized carbons (Fsp3) is 0.385. The van der Waals surface area contributed by atoms with Crippen molar-refractivity contribution < 1.29 is 19.7 Å². The molecule has 1 heterocycles. The summed E-state index contributed by atoms with van der Waals surface area (Å²) in [7, 11) is 1.40. The monoisotopic (exact) mass is 262 g/mol. The number of carboxylic acids is 1. The van der Waals surface area contributed by atoms with Crippen molar-refractivity contribution in [2.45, 2.75) is 12.5 Å². The van der Waals surface area contributed by atoms with Gasteiger partial charge in [-0.25, -0.2) is 0 Å². The van der Waals surface area contributed by atoms with Gasteiger partial charge in [-0.15, -0.1) is 0 Å². The highest BCUT2D eigenvalue weighted by atomic mass is 16.5. The number of ether oxygens (including phenoxy) is 1. The Morgan fingerprint density at radius 2 is 2.32 bits per heavy atom. The standard InChI is InChI=1S/C13H14N2O4/c1-19-11-3-7(5-14)2-9(12(11)16)10-4-8(6-15-10)13(17)18/h2-3,8,10,15-16H,4,6H2,1H3,(H,17,18). The first-order chi connectivity index (χ1) is 9.06. The lowest BCUT2D eigenvalue weighted by Crippen LogP contribution is -2.17. The molecule has 2 rings (SSSR count). The van der Waals surface area contributed by atoms with E-state index in [1.54, 1.807) is 6.07 Å². The van der Waals surface area contributed by atoms with E-state index in [9.17, 15) is 9.90 Å². The van der Waals surface area contributed by atoms with E-state index in [0.717, 1.165) is 0 Å². The maximum atomic E-state index is 10.9. The summed E-state index contributed by atoms with van der Waals surface area (Å²) in [5.74, 6) is -1.18. The third kappa shape index (κ3) is 2.46. The summed E-state index contributed by atoms with van der Waals surface area (Å²) in [5, 5.41) is 31.0. The SMILES string of the molecule is COc1cc(C#N)cc(C2CC(C(=O)O)CN2)c1O. The highest BCUT2D eigenvalue weighted by Gasteiger charge is 2.32. The zero-order chi connectivity index (χ0) is 14.0. The molecule has 2 unspecified atom stereocenters. The molecule has 1 fully saturated rings. The van der Waals surface area contributed by atoms with E-state index in [1.165, 1.54) is 13.2 Å². The lowest BCUT2D eigenvalue weighted by atomic mass is 9.97. The van der Waals surface area contributed by atoms with Crippen molar-refractivity contribution in [2.75, 3.05) is 13.7 Å². The Kier molecular flexibility index (Phi) is 3.58. The van der Waals surface area contributed by atoms with Gasteiger partial charge in [0.2, 0.25) is 0 Å². The normalized spacial score (nSPS) is 21.9. The fourth-order valence-corrected chi connectivity index (χ4v) is 2.28. The molecular formula is C13H14N2O4. The Labute approximate surface area is 110 Å². The van der Waals surface area contributed by atoms with Crippen LogP contribution >= 0.6 is 0 Å². The van der Waals surface area contributed by atoms with Crippen LogP contribution < -0.4 is 10.1 Å². The van der Waals surface area contributed by atoms with Crippen LogP contribution in [-0.2, 0) is 4.79 Å². The van der Waals surface area contributed by atoms with Crippen molar-refractivity contribution in [2.24, 2.45) is 5.92 Å². The van der Waals surface area contributed by atoms with Crippen LogP contribution in [0.4, 0.5) is 0 Å². The Bertz CT molecular complexity index is 550. The molecule has 0 aliphatic carbocycles. The second kappa shape index (κ2) is 5.16. The summed E-state index contributed by atoms with van der Waals surface area (Å²) < 4.78 is 5.02. The van der Waals surface area contributed by atoms with E-state index in [4.69, 9.17) is 15.1 Å². The highest BCUT2D eigenvalue weighted by Crippen LogP contribution is 2.39. The van der Waals surface area contributed by atoms with Crippen LogP contribution in [0.25, 0.3) is 0 Å². The van der Waals surface area contributed by atoms with Crippen LogP contribution in [-0.4, -0.2) is 29.8 Å². The maximum absolute atomic E-state index is 10.9. The minimum absolute atomic E-state index is 0.0509. The molecule has 6 heteroatoms. The van der Waals surface area contributed by atoms with Gasteiger partial charge in [0.05, 0.1) is 24.7 Å². The highest BCUT2D eigenvalue weighted by molar-refractivity contribution is 5.71. The number of rotatable bonds is 3. The Hall–Kier alpha value is -2.26. The predicted octanol–water partition coefficient (Wildman–Crippen LogP) is 1.01. The fourth-order valence-electron chi connectivity index (χ4n) is 2.28. The summed E-state index contributed by atoms with van der Waals surface area (Å²) >= 11 is 0. The summed E-state index contributed by atoms with van der Waals surface area (Å²) in [4.78, 5) is 10.9. The second-order valence-corrected chi connectivity index (χ2v) is 4.46. The Morgan fingerprint density at radius 1 is 1.58 bits per heavy atom. The van der Waals surface area contributed by atoms with Crippen LogP contribution in [0.3, 0.4) is 0 Å². The Balaban J connectivity index is 2.35. The van der Waals surface area contributed by atoms with Gasteiger partial charge in [0, 0.05) is 24.2 Å². The molecule has 1 saturated heterocycles. The van der Waals surface area contributed by atoms with Crippen molar-refractivity contribution in [1.29, 1.82) is 5.26 Å². The number of nitrogens with zero attached hydrogens (tertiary/aromatic N) is 1. The first kappa shape index (κ1) is 13.2. The molecule has 1 aliphatic rings. The number of hydrogen-bond donors (Lipinski definition) is 3. The van der Waals surface area contributed by atoms with Crippen molar-refractivity contribution in [3.05, 3.63) is 23.3 Å². The molecule has 6 nitrogen and oxygen atoms in total. The second-order valence-electron chi connectivity index (χ2n) is 4.46. The number of phenolic OH excluding ortho intramolecular Hbond substituents is 1. The molecule has 1 aromatic rings. The summed E-state index contributed by atoms with van der Waals surface area (Å²) in [6.07, 6.45) is 0.376. The van der Waals surface area contributed by atoms with Gasteiger partial charge < -0.3 is 20.3 Å². The van der Waals surface area contributed by atoms with Gasteiger partial charge in [0.1, 0.15) is 0 Å². The zero-order valence-electron chi connectivity index (χ0n) is 10.4. The number of aliphatic carboxylic acids is 1. The molecule has 2 atom stereocenters. The molecule has 19 heavy (non-hydrogen) atoms. The molecule has 100 valence electrons. The molecule has 0 saturated carbocycles. The van der Waals surface area contributed by atoms with Gasteiger partial charge in [0.25, 0.3) is 0 Å². The molecule has 1 aliphatic heterocycles. The lowest BCUT2D eigenvalue weighted by Gasteiger charge is -2.15. The summed E-state index contributed by atoms with van der Waals surface area (Å²) in [5.41, 5.74) is 0.866. The number of aromatic hydroxyl groups is 1. The maximum Gasteiger partial charge on any atom is 0.307 e. The molecule has 0 amide bonds. The smallest absolute Gasteiger partial charge is 0.307 e. The number of nitriles is 1. The van der Waals surface area contributed by atoms with Crippen LogP contribution in [0.2, 0.25) is 0 Å². The third-order valence-corrected chi connectivity index (χ3v) is 3.31. The molecule has 1 aromatic carbocycles. The van der Waals surface area contributed by atoms with E-state index in [1.807, 2.05) is 6.07 Å². The molecule has 3 N–H and O–H groups in total. The van der Waals surface area contributed by atoms with E-state index in [0.29, 0.717) is 24.1 Å². The van der Waals surface area contributed by atoms with Crippen LogP contribution in [0.15, 0.2) is 12.1 Å². The van der Waals surface area contributed by atoms with Crippen LogP contribution in [0.1, 0.15) is 23.6 Å². The Morgan fingerprint density at radius 3 is 2.84 bits per heavy atom. The van der Waals surface area contributed by atoms with E-state index < -0.39 is 11.9 Å². The van der Waals surface area contributed by atoms with Crippen molar-refractivity contribution in [3.8, 4) is 17.6 Å². The van der Waals surface area contributed by atoms with E-state index >= 15 is 0 Å². The summed E-state index contributed by atoms with van der Waals surface area (Å²) in [6, 6.07) is 4.71. The number of carboxylic acid groups (broad SMARTS) is 1. The predicted molar refractivity (Wildman–Crippen MR) is 65.9 cm³/mol. The average Bonchev–Trinajstić information content (AvgIpc) is 2.88. The molecule has 0 bridgehead atoms. The minimum atomic E-state index is -0.863. The number of hydrogen-bond acceptors (Lipinski definition) is 5. The quantitative estimate of drug-likeness (QED) is 0.751. The van der Waals surface area contributed by atoms with Gasteiger partial charge >= 0.3 is 5.97 Å². The number of phenols is 1. The summed E-state index contributed by atoms with van der Waals surface area (Å²) in [6.45, 7) is 0.346. The van der Waals surface area contributed by atoms with Gasteiger partial charge in [-0.3, -0.25) is 4.79 Å². The molecule has 0 radical (unpaired) electrons. The molecule has 0 spiro atoms. The van der Waals surface area contributed by atoms with Crippen molar-refractivity contribution in [3.63, 3.8) is 0 Å². The molecular weight excluding hydrogens is 248 g/mol. The van der Waals surface area contributed by atoms with Crippen LogP contribution in [0.5, 0.6) is 11.5 Å². The van der Waals surface area contributed by atoms with Gasteiger partial charge in [-0.1, -0.05) is 0 Å². The lowest BCUT2D eigenvalue weighted by molar-refractivity contribution is -0.141. The topological polar surface area (TPSA) is 103 Å². The van der Waals surface area contributed by atoms with Gasteiger partial charge in [-0.2, -0.15) is 5.26 Å². The molecule has 0 aromatic heterocycles. The van der Waals surface area contributed by atoms with Gasteiger partial charge in [0.15, 0.2) is 11.5 Å². The van der Waals surface area contributed by atoms with E-state index in [2.05, 4.69) is 5.32 Å². The number of nitrogens with one attached hydrogen (secondary N) is 1. The first-order valence-electron chi connectivity index (χ1n) is 5.84. The number of carbonyl (C=O) groups is 1. The average molecular weight is 262 g/mol. The van der Waals surface area contributed by atoms with Crippen LogP contribution in [0, 0.1) is 17.2 Å². The third-order valence-electron chi connectivity index (χ3n) is 3.31. The number of methoxy groups -OCH3 is 1. The van der Waals surface area contributed by atoms with Gasteiger partial charge in [-0.05, 0) is 12.5 Å². The number of benzene rings is 1. The van der Waals surface area contributed by atoms with Crippen molar-refractivity contribution in [1.82, 2.24) is 5.32 Å². The largest absolute Gasteiger partial charge is 0.504 e. The zero-order valence-corrected chi connectivity index (χ0v) is 10.4. The van der Waals surface area contributed by atoms with Crippen molar-refractivity contribution >= 4 is 5.97 Å². The first-order valence-corrected chi connectivity index (χ1v) is 5.84.